The first kappa shape index (κ1) is 25.9. The lowest BCUT2D eigenvalue weighted by Gasteiger charge is -2.20. The molecule has 3 heterocycles. The molecule has 0 aliphatic rings. The van der Waals surface area contributed by atoms with Gasteiger partial charge >= 0.3 is 5.63 Å². The number of amides is 1. The Kier molecular flexibility index (Phi) is 10.1. The van der Waals surface area contributed by atoms with Gasteiger partial charge in [-0.05, 0) is 37.5 Å². The molecule has 0 saturated carbocycles. The van der Waals surface area contributed by atoms with Crippen LogP contribution in [0.3, 0.4) is 0 Å². The lowest BCUT2D eigenvalue weighted by Crippen LogP contribution is -2.32. The van der Waals surface area contributed by atoms with Gasteiger partial charge in [-0.2, -0.15) is 4.98 Å². The van der Waals surface area contributed by atoms with Crippen LogP contribution in [0, 0.1) is 0 Å². The van der Waals surface area contributed by atoms with Gasteiger partial charge in [0.2, 0.25) is 0 Å². The van der Waals surface area contributed by atoms with Gasteiger partial charge in [0.05, 0.1) is 4.88 Å². The highest BCUT2D eigenvalue weighted by atomic mass is 32.1. The second-order valence-electron chi connectivity index (χ2n) is 8.40. The minimum absolute atomic E-state index is 0.0701. The normalized spacial score (nSPS) is 11.1. The molecule has 0 aliphatic carbocycles. The molecule has 0 saturated heterocycles. The van der Waals surface area contributed by atoms with E-state index in [0.29, 0.717) is 47.6 Å². The summed E-state index contributed by atoms with van der Waals surface area (Å²) in [4.78, 5) is 38.0. The van der Waals surface area contributed by atoms with Crippen LogP contribution >= 0.6 is 11.3 Å². The zero-order valence-electron chi connectivity index (χ0n) is 20.6. The average Bonchev–Trinajstić information content (AvgIpc) is 3.23. The van der Waals surface area contributed by atoms with E-state index >= 15 is 0 Å². The molecule has 7 nitrogen and oxygen atoms in total. The van der Waals surface area contributed by atoms with E-state index in [1.807, 2.05) is 32.0 Å². The van der Waals surface area contributed by atoms with Gasteiger partial charge in [0, 0.05) is 37.9 Å². The smallest absolute Gasteiger partial charge is 0.349 e. The number of rotatable bonds is 14. The van der Waals surface area contributed by atoms with Gasteiger partial charge in [0.25, 0.3) is 11.9 Å². The van der Waals surface area contributed by atoms with Crippen molar-refractivity contribution in [1.82, 2.24) is 14.9 Å². The number of nitrogens with one attached hydrogen (secondary N) is 1. The third-order valence-electron chi connectivity index (χ3n) is 5.97. The van der Waals surface area contributed by atoms with Crippen LogP contribution in [0.1, 0.15) is 80.2 Å². The van der Waals surface area contributed by atoms with Gasteiger partial charge in [0.15, 0.2) is 0 Å². The van der Waals surface area contributed by atoms with Crippen molar-refractivity contribution in [2.75, 3.05) is 25.0 Å². The van der Waals surface area contributed by atoms with E-state index in [1.165, 1.54) is 37.0 Å². The Balaban J connectivity index is 1.72. The second-order valence-corrected chi connectivity index (χ2v) is 9.40. The highest BCUT2D eigenvalue weighted by molar-refractivity contribution is 7.20. The monoisotopic (exact) mass is 484 g/mol. The fourth-order valence-corrected chi connectivity index (χ4v) is 5.24. The summed E-state index contributed by atoms with van der Waals surface area (Å²) in [6, 6.07) is 6.03. The van der Waals surface area contributed by atoms with Crippen LogP contribution < -0.4 is 10.9 Å². The molecule has 0 aromatic carbocycles. The van der Waals surface area contributed by atoms with Gasteiger partial charge < -0.3 is 14.6 Å². The number of unbranched alkanes of at least 4 members (excludes halogenated alkanes) is 5. The fourth-order valence-electron chi connectivity index (χ4n) is 4.02. The summed E-state index contributed by atoms with van der Waals surface area (Å²) >= 11 is 1.29. The van der Waals surface area contributed by atoms with Crippen molar-refractivity contribution in [1.29, 1.82) is 0 Å². The van der Waals surface area contributed by atoms with E-state index in [9.17, 15) is 9.59 Å². The van der Waals surface area contributed by atoms with Gasteiger partial charge in [0.1, 0.15) is 10.2 Å². The van der Waals surface area contributed by atoms with E-state index in [0.717, 1.165) is 24.1 Å². The van der Waals surface area contributed by atoms with Gasteiger partial charge in [-0.1, -0.05) is 52.0 Å². The number of thiophene rings is 1. The molecule has 1 amide bonds. The second kappa shape index (κ2) is 13.2. The van der Waals surface area contributed by atoms with Crippen molar-refractivity contribution in [3.8, 4) is 0 Å². The van der Waals surface area contributed by atoms with Crippen molar-refractivity contribution in [2.24, 2.45) is 0 Å². The Hall–Kier alpha value is -2.74. The minimum Gasteiger partial charge on any atom is -0.389 e. The number of hydrogen-bond acceptors (Lipinski definition) is 7. The van der Waals surface area contributed by atoms with Crippen LogP contribution in [0.2, 0.25) is 0 Å². The minimum atomic E-state index is -0.431. The predicted molar refractivity (Wildman–Crippen MR) is 139 cm³/mol. The number of carbonyl (C=O) groups excluding carboxylic acids is 1. The molecular weight excluding hydrogens is 448 g/mol. The molecular formula is C26H36N4O3S. The molecule has 0 radical (unpaired) electrons. The first-order valence-electron chi connectivity index (χ1n) is 12.5. The molecule has 3 rings (SSSR count). The Morgan fingerprint density at radius 3 is 2.62 bits per heavy atom. The number of anilines is 1. The average molecular weight is 485 g/mol. The topological polar surface area (TPSA) is 88.3 Å². The Morgan fingerprint density at radius 1 is 1.12 bits per heavy atom. The van der Waals surface area contributed by atoms with Crippen LogP contribution in [-0.2, 0) is 12.8 Å². The summed E-state index contributed by atoms with van der Waals surface area (Å²) in [6.07, 6.45) is 10.1. The van der Waals surface area contributed by atoms with Crippen LogP contribution in [0.25, 0.3) is 10.2 Å². The summed E-state index contributed by atoms with van der Waals surface area (Å²) in [5, 5.41) is 3.58. The molecule has 0 atom stereocenters. The molecule has 0 unspecified atom stereocenters. The van der Waals surface area contributed by atoms with Gasteiger partial charge in [-0.3, -0.25) is 9.78 Å². The maximum atomic E-state index is 13.4. The molecule has 8 heteroatoms. The van der Waals surface area contributed by atoms with Gasteiger partial charge in [-0.15, -0.1) is 11.3 Å². The summed E-state index contributed by atoms with van der Waals surface area (Å²) in [5.74, 6) is -0.0701. The Bertz CT molecular complexity index is 1110. The highest BCUT2D eigenvalue weighted by Gasteiger charge is 2.25. The standard InChI is InChI=1S/C26H36N4O3S/c1-4-7-8-9-10-12-17-28-26-29-23-21(25(32)33-26)20(5-2)22(34-23)24(31)30(6-3)18-15-19-14-11-13-16-27-19/h11,13-14,16H,4-10,12,15,17-18H2,1-3H3,(H,28,29). The molecule has 184 valence electrons. The van der Waals surface area contributed by atoms with Crippen molar-refractivity contribution < 1.29 is 9.21 Å². The molecule has 1 N–H and O–H groups in total. The number of pyridine rings is 1. The number of aromatic nitrogens is 2. The first-order valence-corrected chi connectivity index (χ1v) is 13.3. The zero-order chi connectivity index (χ0) is 24.3. The third kappa shape index (κ3) is 6.65. The molecule has 0 fully saturated rings. The maximum absolute atomic E-state index is 13.4. The lowest BCUT2D eigenvalue weighted by molar-refractivity contribution is 0.0770. The molecule has 0 spiro atoms. The summed E-state index contributed by atoms with van der Waals surface area (Å²) in [6.45, 7) is 7.98. The molecule has 0 aliphatic heterocycles. The van der Waals surface area contributed by atoms with E-state index in [4.69, 9.17) is 4.42 Å². The Morgan fingerprint density at radius 2 is 1.91 bits per heavy atom. The van der Waals surface area contributed by atoms with Crippen LogP contribution in [0.15, 0.2) is 33.6 Å². The first-order chi connectivity index (χ1) is 16.6. The van der Waals surface area contributed by atoms with Crippen molar-refractivity contribution in [2.45, 2.75) is 72.1 Å². The maximum Gasteiger partial charge on any atom is 0.349 e. The lowest BCUT2D eigenvalue weighted by atomic mass is 10.1. The number of fused-ring (bicyclic) bond motifs is 1. The molecule has 3 aromatic heterocycles. The fraction of sp³-hybridized carbons (Fsp3) is 0.538. The summed E-state index contributed by atoms with van der Waals surface area (Å²) < 4.78 is 5.46. The molecule has 3 aromatic rings. The summed E-state index contributed by atoms with van der Waals surface area (Å²) in [7, 11) is 0. The predicted octanol–water partition coefficient (Wildman–Crippen LogP) is 5.68. The number of carbonyl (C=O) groups is 1. The highest BCUT2D eigenvalue weighted by Crippen LogP contribution is 2.30. The largest absolute Gasteiger partial charge is 0.389 e. The Labute approximate surface area is 205 Å². The van der Waals surface area contributed by atoms with Crippen molar-refractivity contribution in [3.05, 3.63) is 51.0 Å². The number of likely N-dealkylation sites (N-methyl/N-ethyl adjacent to an activating group) is 1. The number of nitrogens with zero attached hydrogens (tertiary/aromatic N) is 3. The number of hydrogen-bond donors (Lipinski definition) is 1. The van der Waals surface area contributed by atoms with Gasteiger partial charge in [-0.25, -0.2) is 4.79 Å². The zero-order valence-corrected chi connectivity index (χ0v) is 21.4. The molecule has 0 bridgehead atoms. The van der Waals surface area contributed by atoms with E-state index in [1.54, 1.807) is 11.1 Å². The van der Waals surface area contributed by atoms with Crippen molar-refractivity contribution >= 4 is 33.5 Å². The van der Waals surface area contributed by atoms with Crippen molar-refractivity contribution in [3.63, 3.8) is 0 Å². The quantitative estimate of drug-likeness (QED) is 0.296. The molecule has 34 heavy (non-hydrogen) atoms. The van der Waals surface area contributed by atoms with E-state index < -0.39 is 5.63 Å². The third-order valence-corrected chi connectivity index (χ3v) is 7.09. The van der Waals surface area contributed by atoms with E-state index in [2.05, 4.69) is 22.2 Å². The van der Waals surface area contributed by atoms with Crippen LogP contribution in [-0.4, -0.2) is 40.4 Å². The van der Waals surface area contributed by atoms with Crippen LogP contribution in [0.5, 0.6) is 0 Å². The number of aryl methyl sites for hydroxylation is 1. The van der Waals surface area contributed by atoms with E-state index in [-0.39, 0.29) is 11.9 Å². The summed E-state index contributed by atoms with van der Waals surface area (Å²) in [5.41, 5.74) is 1.24. The SMILES string of the molecule is CCCCCCCCNc1nc2sc(C(=O)N(CC)CCc3ccccn3)c(CC)c2c(=O)o1. The van der Waals surface area contributed by atoms with Crippen LogP contribution in [0.4, 0.5) is 6.01 Å².